The standard InChI is InChI=1S/C41H42N6O6/c1-46-20-11-17-33(46)32-23-28-25-42-35(24-31(28)43-32)44-38(49)27-14-9-15-29(22-27)53-21-8-6-4-2-3-5-7-12-26-13-10-16-30-37(26)41(52)47(40(30)51)34-18-19-36(48)45-39(34)50/h9-10,13-16,22-25,33-34,43H,2-6,8,11,17-21H2,1H3,(H,42,44,49)(H,45,48,50)/t33-,34?/m1/s1. The molecule has 0 spiro atoms. The Balaban J connectivity index is 0.821. The highest BCUT2D eigenvalue weighted by Gasteiger charge is 2.45. The van der Waals surface area contributed by atoms with Crippen LogP contribution in [0.4, 0.5) is 5.82 Å². The first kappa shape index (κ1) is 35.6. The summed E-state index contributed by atoms with van der Waals surface area (Å²) in [5.41, 5.74) is 3.53. The number of fused-ring (bicyclic) bond motifs is 2. The predicted molar refractivity (Wildman–Crippen MR) is 198 cm³/mol. The predicted octanol–water partition coefficient (Wildman–Crippen LogP) is 5.75. The first-order valence-electron chi connectivity index (χ1n) is 18.3. The zero-order valence-electron chi connectivity index (χ0n) is 29.7. The zero-order chi connectivity index (χ0) is 36.9. The van der Waals surface area contributed by atoms with E-state index < -0.39 is 29.7 Å². The number of carbonyl (C=O) groups excluding carboxylic acids is 5. The van der Waals surface area contributed by atoms with Gasteiger partial charge in [-0.2, -0.15) is 0 Å². The van der Waals surface area contributed by atoms with Crippen molar-refractivity contribution in [2.45, 2.75) is 76.3 Å². The van der Waals surface area contributed by atoms with Gasteiger partial charge in [0.05, 0.1) is 23.3 Å². The van der Waals surface area contributed by atoms with E-state index in [1.807, 2.05) is 18.2 Å². The van der Waals surface area contributed by atoms with Gasteiger partial charge < -0.3 is 15.0 Å². The van der Waals surface area contributed by atoms with E-state index in [1.165, 1.54) is 12.1 Å². The molecule has 12 heteroatoms. The third-order valence-corrected chi connectivity index (χ3v) is 10.1. The molecular weight excluding hydrogens is 672 g/mol. The highest BCUT2D eigenvalue weighted by atomic mass is 16.5. The quantitative estimate of drug-likeness (QED) is 0.0953. The largest absolute Gasteiger partial charge is 0.494 e. The van der Waals surface area contributed by atoms with Crippen LogP contribution in [0.1, 0.15) is 113 Å². The fraction of sp³-hybridized carbons (Fsp3) is 0.366. The molecule has 2 aromatic heterocycles. The molecule has 5 amide bonds. The number of H-pyrrole nitrogens is 1. The SMILES string of the molecule is CN1CCC[C@@H]1c1cc2cnc(NC(=O)c3cccc(OCCCCCCCC#Cc4cccc5c4C(=O)N(C4CCC(=O)NC4=O)C5=O)c3)cc2[nH]1. The number of pyridine rings is 1. The van der Waals surface area contributed by atoms with Crippen LogP contribution >= 0.6 is 0 Å². The third-order valence-electron chi connectivity index (χ3n) is 10.1. The Morgan fingerprint density at radius 3 is 2.62 bits per heavy atom. The van der Waals surface area contributed by atoms with Gasteiger partial charge in [-0.05, 0) is 82.1 Å². The summed E-state index contributed by atoms with van der Waals surface area (Å²) >= 11 is 0. The Morgan fingerprint density at radius 2 is 1.79 bits per heavy atom. The average molecular weight is 715 g/mol. The fourth-order valence-corrected chi connectivity index (χ4v) is 7.33. The van der Waals surface area contributed by atoms with Gasteiger partial charge in [0.1, 0.15) is 17.6 Å². The Bertz CT molecular complexity index is 2150. The Kier molecular flexibility index (Phi) is 10.6. The topological polar surface area (TPSA) is 154 Å². The minimum atomic E-state index is -1.00. The molecule has 3 aliphatic heterocycles. The first-order chi connectivity index (χ1) is 25.8. The number of carbonyl (C=O) groups is 5. The van der Waals surface area contributed by atoms with Crippen molar-refractivity contribution in [2.75, 3.05) is 25.5 Å². The molecule has 2 fully saturated rings. The number of aromatic nitrogens is 2. The maximum Gasteiger partial charge on any atom is 0.263 e. The summed E-state index contributed by atoms with van der Waals surface area (Å²) in [4.78, 5) is 74.5. The monoisotopic (exact) mass is 714 g/mol. The molecule has 3 N–H and O–H groups in total. The number of nitrogens with one attached hydrogen (secondary N) is 3. The molecule has 5 heterocycles. The van der Waals surface area contributed by atoms with E-state index >= 15 is 0 Å². The van der Waals surface area contributed by atoms with Crippen molar-refractivity contribution in [3.63, 3.8) is 0 Å². The molecule has 53 heavy (non-hydrogen) atoms. The molecule has 12 nitrogen and oxygen atoms in total. The number of ether oxygens (including phenoxy) is 1. The number of aromatic amines is 1. The van der Waals surface area contributed by atoms with Crippen LogP contribution in [0, 0.1) is 11.8 Å². The number of imide groups is 2. The lowest BCUT2D eigenvalue weighted by molar-refractivity contribution is -0.136. The second-order valence-corrected chi connectivity index (χ2v) is 13.8. The normalized spacial score (nSPS) is 18.5. The lowest BCUT2D eigenvalue weighted by Crippen LogP contribution is -2.54. The highest BCUT2D eigenvalue weighted by Crippen LogP contribution is 2.32. The summed E-state index contributed by atoms with van der Waals surface area (Å²) in [6, 6.07) is 15.5. The second kappa shape index (κ2) is 15.8. The van der Waals surface area contributed by atoms with Crippen LogP contribution in [0.15, 0.2) is 60.8 Å². The fourth-order valence-electron chi connectivity index (χ4n) is 7.33. The van der Waals surface area contributed by atoms with Crippen LogP contribution in [0.25, 0.3) is 10.9 Å². The molecule has 0 saturated carbocycles. The number of amides is 5. The number of benzene rings is 2. The van der Waals surface area contributed by atoms with E-state index in [-0.39, 0.29) is 29.9 Å². The number of piperidine rings is 1. The summed E-state index contributed by atoms with van der Waals surface area (Å²) in [5, 5.41) is 6.15. The van der Waals surface area contributed by atoms with Crippen LogP contribution in [0.3, 0.4) is 0 Å². The third kappa shape index (κ3) is 7.85. The van der Waals surface area contributed by atoms with Crippen LogP contribution in [-0.4, -0.2) is 75.5 Å². The molecule has 3 aliphatic rings. The van der Waals surface area contributed by atoms with Gasteiger partial charge in [0.2, 0.25) is 11.8 Å². The summed E-state index contributed by atoms with van der Waals surface area (Å²) in [7, 11) is 2.14. The van der Waals surface area contributed by atoms with Crippen LogP contribution in [-0.2, 0) is 9.59 Å². The van der Waals surface area contributed by atoms with Gasteiger partial charge in [-0.3, -0.25) is 39.1 Å². The van der Waals surface area contributed by atoms with Crippen molar-refractivity contribution in [2.24, 2.45) is 0 Å². The lowest BCUT2D eigenvalue weighted by Gasteiger charge is -2.27. The molecule has 1 unspecified atom stereocenters. The maximum absolute atomic E-state index is 13.2. The van der Waals surface area contributed by atoms with Crippen molar-refractivity contribution in [3.8, 4) is 17.6 Å². The van der Waals surface area contributed by atoms with Gasteiger partial charge in [0, 0.05) is 53.4 Å². The molecule has 4 aromatic rings. The highest BCUT2D eigenvalue weighted by molar-refractivity contribution is 6.24. The minimum Gasteiger partial charge on any atom is -0.494 e. The number of hydrogen-bond donors (Lipinski definition) is 3. The molecule has 2 saturated heterocycles. The number of likely N-dealkylation sites (tertiary alicyclic amines) is 1. The molecule has 272 valence electrons. The van der Waals surface area contributed by atoms with Crippen molar-refractivity contribution < 1.29 is 28.7 Å². The van der Waals surface area contributed by atoms with Crippen LogP contribution in [0.2, 0.25) is 0 Å². The molecule has 0 aliphatic carbocycles. The molecule has 0 radical (unpaired) electrons. The second-order valence-electron chi connectivity index (χ2n) is 13.8. The Hall–Kier alpha value is -5.80. The van der Waals surface area contributed by atoms with Crippen molar-refractivity contribution in [3.05, 3.63) is 88.7 Å². The number of nitrogens with zero attached hydrogens (tertiary/aromatic N) is 3. The van der Waals surface area contributed by atoms with E-state index in [2.05, 4.69) is 50.5 Å². The van der Waals surface area contributed by atoms with Gasteiger partial charge in [0.25, 0.3) is 17.7 Å². The first-order valence-corrected chi connectivity index (χ1v) is 18.3. The zero-order valence-corrected chi connectivity index (χ0v) is 29.7. The molecule has 2 atom stereocenters. The summed E-state index contributed by atoms with van der Waals surface area (Å²) < 4.78 is 5.95. The van der Waals surface area contributed by atoms with E-state index in [0.29, 0.717) is 41.8 Å². The smallest absolute Gasteiger partial charge is 0.263 e. The number of rotatable bonds is 12. The van der Waals surface area contributed by atoms with Crippen molar-refractivity contribution in [1.29, 1.82) is 0 Å². The number of anilines is 1. The van der Waals surface area contributed by atoms with Gasteiger partial charge in [0.15, 0.2) is 0 Å². The molecule has 7 rings (SSSR count). The van der Waals surface area contributed by atoms with E-state index in [9.17, 15) is 24.0 Å². The average Bonchev–Trinajstić information content (AvgIpc) is 3.84. The molecular formula is C41H42N6O6. The lowest BCUT2D eigenvalue weighted by atomic mass is 10.0. The van der Waals surface area contributed by atoms with E-state index in [0.717, 1.165) is 60.9 Å². The summed E-state index contributed by atoms with van der Waals surface area (Å²) in [5.74, 6) is 4.93. The number of hydrogen-bond acceptors (Lipinski definition) is 8. The van der Waals surface area contributed by atoms with E-state index in [1.54, 1.807) is 36.5 Å². The summed E-state index contributed by atoms with van der Waals surface area (Å²) in [6.45, 7) is 1.63. The van der Waals surface area contributed by atoms with Gasteiger partial charge in [-0.15, -0.1) is 0 Å². The van der Waals surface area contributed by atoms with Crippen molar-refractivity contribution in [1.82, 2.24) is 25.1 Å². The Morgan fingerprint density at radius 1 is 0.962 bits per heavy atom. The molecule has 2 aromatic carbocycles. The number of unbranched alkanes of at least 4 members (excludes halogenated alkanes) is 5. The van der Waals surface area contributed by atoms with Crippen molar-refractivity contribution >= 4 is 46.3 Å². The maximum atomic E-state index is 13.2. The van der Waals surface area contributed by atoms with Gasteiger partial charge in [-0.1, -0.05) is 43.2 Å². The molecule has 0 bridgehead atoms. The van der Waals surface area contributed by atoms with Crippen LogP contribution < -0.4 is 15.4 Å². The van der Waals surface area contributed by atoms with E-state index in [4.69, 9.17) is 4.74 Å². The minimum absolute atomic E-state index is 0.0724. The Labute approximate surface area is 307 Å². The van der Waals surface area contributed by atoms with Gasteiger partial charge in [-0.25, -0.2) is 4.98 Å². The van der Waals surface area contributed by atoms with Crippen LogP contribution in [0.5, 0.6) is 5.75 Å². The van der Waals surface area contributed by atoms with Gasteiger partial charge >= 0.3 is 0 Å². The summed E-state index contributed by atoms with van der Waals surface area (Å²) in [6.07, 6.45) is 9.67.